The molecule has 1 saturated carbocycles. The summed E-state index contributed by atoms with van der Waals surface area (Å²) in [7, 11) is 0. The third-order valence-electron chi connectivity index (χ3n) is 7.31. The second kappa shape index (κ2) is 9.18. The van der Waals surface area contributed by atoms with Crippen molar-refractivity contribution in [1.82, 2.24) is 0 Å². The van der Waals surface area contributed by atoms with Crippen LogP contribution in [0.15, 0.2) is 42.5 Å². The molecule has 3 amide bonds. The van der Waals surface area contributed by atoms with Crippen molar-refractivity contribution in [2.24, 2.45) is 17.8 Å². The zero-order chi connectivity index (χ0) is 25.6. The van der Waals surface area contributed by atoms with E-state index in [1.54, 1.807) is 31.2 Å². The third-order valence-corrected chi connectivity index (χ3v) is 7.31. The number of imide groups is 1. The van der Waals surface area contributed by atoms with Gasteiger partial charge in [-0.15, -0.1) is 0 Å². The lowest BCUT2D eigenvalue weighted by Crippen LogP contribution is -2.30. The Bertz CT molecular complexity index is 1250. The highest BCUT2D eigenvalue weighted by Gasteiger charge is 2.48. The van der Waals surface area contributed by atoms with Gasteiger partial charge in [0.15, 0.2) is 0 Å². The van der Waals surface area contributed by atoms with Gasteiger partial charge < -0.3 is 9.64 Å². The van der Waals surface area contributed by atoms with Crippen molar-refractivity contribution in [3.8, 4) is 5.75 Å². The van der Waals surface area contributed by atoms with Crippen LogP contribution in [0.4, 0.5) is 17.1 Å². The summed E-state index contributed by atoms with van der Waals surface area (Å²) in [6, 6.07) is 10.7. The van der Waals surface area contributed by atoms with Crippen LogP contribution in [0.3, 0.4) is 0 Å². The van der Waals surface area contributed by atoms with Crippen LogP contribution in [0, 0.1) is 34.8 Å². The van der Waals surface area contributed by atoms with Gasteiger partial charge in [0.1, 0.15) is 5.75 Å². The van der Waals surface area contributed by atoms with E-state index in [0.717, 1.165) is 25.7 Å². The summed E-state index contributed by atoms with van der Waals surface area (Å²) in [5.74, 6) is -2.26. The maximum atomic E-state index is 12.8. The lowest BCUT2D eigenvalue weighted by Gasteiger charge is -2.19. The van der Waals surface area contributed by atoms with Gasteiger partial charge in [-0.2, -0.15) is 0 Å². The summed E-state index contributed by atoms with van der Waals surface area (Å²) in [6.45, 7) is 1.66. The van der Waals surface area contributed by atoms with Gasteiger partial charge in [-0.05, 0) is 50.1 Å². The molecule has 36 heavy (non-hydrogen) atoms. The first-order valence-electron chi connectivity index (χ1n) is 12.0. The average Bonchev–Trinajstić information content (AvgIpc) is 3.37. The molecule has 0 radical (unpaired) electrons. The fourth-order valence-electron chi connectivity index (χ4n) is 5.36. The highest BCUT2D eigenvalue weighted by molar-refractivity contribution is 6.22. The zero-order valence-corrected chi connectivity index (χ0v) is 19.7. The number of hydrogen-bond donors (Lipinski definition) is 0. The molecule has 5 rings (SSSR count). The quantitative estimate of drug-likeness (QED) is 0.206. The predicted molar refractivity (Wildman–Crippen MR) is 128 cm³/mol. The molecule has 186 valence electrons. The van der Waals surface area contributed by atoms with E-state index in [4.69, 9.17) is 4.74 Å². The molecule has 0 aromatic heterocycles. The van der Waals surface area contributed by atoms with Crippen LogP contribution in [0.1, 0.15) is 37.7 Å². The number of rotatable bonds is 5. The van der Waals surface area contributed by atoms with Gasteiger partial charge in [-0.3, -0.25) is 34.2 Å². The van der Waals surface area contributed by atoms with Crippen molar-refractivity contribution in [2.75, 3.05) is 16.3 Å². The lowest BCUT2D eigenvalue weighted by atomic mass is 9.81. The Hall–Kier alpha value is -4.08. The topological polar surface area (TPSA) is 127 Å². The molecule has 2 aromatic rings. The number of nitrogens with zero attached hydrogens (tertiary/aromatic N) is 3. The largest absolute Gasteiger partial charge is 0.426 e. The first-order valence-corrected chi connectivity index (χ1v) is 12.0. The van der Waals surface area contributed by atoms with E-state index in [0.29, 0.717) is 16.9 Å². The Morgan fingerprint density at radius 2 is 1.58 bits per heavy atom. The molecule has 3 aliphatic rings. The van der Waals surface area contributed by atoms with Gasteiger partial charge in [0.25, 0.3) is 5.69 Å². The van der Waals surface area contributed by atoms with Crippen LogP contribution in [0.25, 0.3) is 0 Å². The second-order valence-electron chi connectivity index (χ2n) is 9.56. The lowest BCUT2D eigenvalue weighted by molar-refractivity contribution is -0.385. The van der Waals surface area contributed by atoms with Crippen LogP contribution in [-0.2, 0) is 19.2 Å². The number of aryl methyl sites for hydroxylation is 1. The Morgan fingerprint density at radius 1 is 0.972 bits per heavy atom. The third kappa shape index (κ3) is 4.12. The van der Waals surface area contributed by atoms with Gasteiger partial charge in [0, 0.05) is 24.6 Å². The number of amides is 3. The average molecular weight is 492 g/mol. The molecule has 0 unspecified atom stereocenters. The molecule has 3 fully saturated rings. The molecule has 10 heteroatoms. The number of carbonyl (C=O) groups is 4. The fourth-order valence-corrected chi connectivity index (χ4v) is 5.36. The highest BCUT2D eigenvalue weighted by Crippen LogP contribution is 2.40. The molecule has 0 bridgehead atoms. The molecule has 0 N–H and O–H groups in total. The number of nitro groups is 1. The van der Waals surface area contributed by atoms with Gasteiger partial charge in [0.2, 0.25) is 17.7 Å². The first kappa shape index (κ1) is 23.7. The number of esters is 1. The van der Waals surface area contributed by atoms with Crippen LogP contribution >= 0.6 is 0 Å². The molecule has 1 aliphatic carbocycles. The minimum Gasteiger partial charge on any atom is -0.426 e. The Labute approximate surface area is 207 Å². The summed E-state index contributed by atoms with van der Waals surface area (Å²) in [6.07, 6.45) is 3.29. The van der Waals surface area contributed by atoms with Crippen molar-refractivity contribution < 1.29 is 28.8 Å². The van der Waals surface area contributed by atoms with Gasteiger partial charge in [-0.1, -0.05) is 18.9 Å². The number of fused-ring (bicyclic) bond motifs is 1. The highest BCUT2D eigenvalue weighted by atomic mass is 16.6. The first-order chi connectivity index (χ1) is 17.2. The van der Waals surface area contributed by atoms with Crippen molar-refractivity contribution in [1.29, 1.82) is 0 Å². The van der Waals surface area contributed by atoms with Gasteiger partial charge >= 0.3 is 5.97 Å². The van der Waals surface area contributed by atoms with Gasteiger partial charge in [0.05, 0.1) is 34.1 Å². The van der Waals surface area contributed by atoms with E-state index >= 15 is 0 Å². The van der Waals surface area contributed by atoms with Crippen molar-refractivity contribution in [3.63, 3.8) is 0 Å². The maximum absolute atomic E-state index is 12.8. The normalized spacial score (nSPS) is 23.7. The SMILES string of the molecule is Cc1ccc(N2C[C@@H](C(=O)Oc3ccc(N4C(=O)[C@H]5CCCC[C@H]5C4=O)cc3)CC2=O)cc1[N+](=O)[O-]. The monoisotopic (exact) mass is 491 g/mol. The molecule has 0 spiro atoms. The van der Waals surface area contributed by atoms with E-state index in [-0.39, 0.29) is 54.0 Å². The second-order valence-corrected chi connectivity index (χ2v) is 9.56. The van der Waals surface area contributed by atoms with Crippen molar-refractivity contribution in [2.45, 2.75) is 39.0 Å². The van der Waals surface area contributed by atoms with E-state index in [1.807, 2.05) is 0 Å². The standard InChI is InChI=1S/C26H25N3O7/c1-15-6-7-18(13-22(15)29(34)35)27-14-16(12-23(27)30)26(33)36-19-10-8-17(9-11-19)28-24(31)20-4-2-3-5-21(20)25(28)32/h6-11,13,16,20-21H,2-5,12,14H2,1H3/t16-,20-,21+/m0/s1. The van der Waals surface area contributed by atoms with Gasteiger partial charge in [-0.25, -0.2) is 0 Å². The molecular weight excluding hydrogens is 466 g/mol. The molecular formula is C26H25N3O7. The fraction of sp³-hybridized carbons (Fsp3) is 0.385. The molecule has 2 aliphatic heterocycles. The number of anilines is 2. The van der Waals surface area contributed by atoms with Crippen LogP contribution in [0.5, 0.6) is 5.75 Å². The van der Waals surface area contributed by atoms with Crippen molar-refractivity contribution >= 4 is 40.8 Å². The number of carbonyl (C=O) groups excluding carboxylic acids is 4. The number of benzene rings is 2. The van der Waals surface area contributed by atoms with E-state index in [1.165, 1.54) is 28.0 Å². The Morgan fingerprint density at radius 3 is 2.19 bits per heavy atom. The van der Waals surface area contributed by atoms with Crippen LogP contribution in [0.2, 0.25) is 0 Å². The summed E-state index contributed by atoms with van der Waals surface area (Å²) < 4.78 is 5.46. The molecule has 10 nitrogen and oxygen atoms in total. The smallest absolute Gasteiger partial charge is 0.316 e. The van der Waals surface area contributed by atoms with E-state index in [9.17, 15) is 29.3 Å². The van der Waals surface area contributed by atoms with E-state index in [2.05, 4.69) is 0 Å². The summed E-state index contributed by atoms with van der Waals surface area (Å²) in [5.41, 5.74) is 1.19. The number of ether oxygens (including phenoxy) is 1. The summed E-state index contributed by atoms with van der Waals surface area (Å²) in [4.78, 5) is 64.2. The Balaban J connectivity index is 1.25. The zero-order valence-electron chi connectivity index (χ0n) is 19.7. The van der Waals surface area contributed by atoms with Crippen LogP contribution < -0.4 is 14.5 Å². The predicted octanol–water partition coefficient (Wildman–Crippen LogP) is 3.54. The number of nitro benzene ring substituents is 1. The summed E-state index contributed by atoms with van der Waals surface area (Å²) >= 11 is 0. The maximum Gasteiger partial charge on any atom is 0.316 e. The van der Waals surface area contributed by atoms with E-state index < -0.39 is 16.8 Å². The van der Waals surface area contributed by atoms with Crippen LogP contribution in [-0.4, -0.2) is 35.2 Å². The summed E-state index contributed by atoms with van der Waals surface area (Å²) in [5, 5.41) is 11.2. The molecule has 3 atom stereocenters. The van der Waals surface area contributed by atoms with Crippen molar-refractivity contribution in [3.05, 3.63) is 58.1 Å². The minimum atomic E-state index is -0.734. The molecule has 2 aromatic carbocycles. The molecule has 2 saturated heterocycles. The number of hydrogen-bond acceptors (Lipinski definition) is 7. The minimum absolute atomic E-state index is 0.0511. The Kier molecular flexibility index (Phi) is 6.03. The molecule has 2 heterocycles.